The molecular formula is C30H29F2N3O6S. The van der Waals surface area contributed by atoms with Crippen LogP contribution in [-0.2, 0) is 20.2 Å². The van der Waals surface area contributed by atoms with E-state index in [-0.39, 0.29) is 18.6 Å². The van der Waals surface area contributed by atoms with Crippen molar-refractivity contribution in [2.45, 2.75) is 73.1 Å². The molecule has 3 aliphatic carbocycles. The molecule has 0 spiro atoms. The molecule has 3 saturated carbocycles. The smallest absolute Gasteiger partial charge is 0.287 e. The van der Waals surface area contributed by atoms with Gasteiger partial charge in [0, 0.05) is 23.8 Å². The predicted molar refractivity (Wildman–Crippen MR) is 149 cm³/mol. The second-order valence-electron chi connectivity index (χ2n) is 11.6. The number of nitriles is 1. The highest BCUT2D eigenvalue weighted by Gasteiger charge is 2.53. The van der Waals surface area contributed by atoms with Crippen LogP contribution in [-0.4, -0.2) is 44.3 Å². The number of hydrogen-bond donors (Lipinski definition) is 3. The second-order valence-corrected chi connectivity index (χ2v) is 13.0. The van der Waals surface area contributed by atoms with E-state index in [1.54, 1.807) is 24.3 Å². The van der Waals surface area contributed by atoms with E-state index in [4.69, 9.17) is 9.15 Å². The zero-order valence-electron chi connectivity index (χ0n) is 22.8. The molecule has 3 aliphatic rings. The van der Waals surface area contributed by atoms with Gasteiger partial charge in [0.25, 0.3) is 5.91 Å². The number of fused-ring (bicyclic) bond motifs is 1. The number of thiol groups is 1. The van der Waals surface area contributed by atoms with Gasteiger partial charge in [-0.2, -0.15) is 5.26 Å². The lowest BCUT2D eigenvalue weighted by atomic mass is 9.78. The maximum absolute atomic E-state index is 14.0. The van der Waals surface area contributed by atoms with E-state index in [1.165, 1.54) is 13.2 Å². The third kappa shape index (κ3) is 4.89. The summed E-state index contributed by atoms with van der Waals surface area (Å²) in [6, 6.07) is 14.2. The molecule has 2 aromatic carbocycles. The summed E-state index contributed by atoms with van der Waals surface area (Å²) >= 11 is 0. The number of ether oxygens (including phenoxy) is 1. The van der Waals surface area contributed by atoms with Gasteiger partial charge in [-0.05, 0) is 67.9 Å². The van der Waals surface area contributed by atoms with Gasteiger partial charge < -0.3 is 19.8 Å². The van der Waals surface area contributed by atoms with E-state index in [1.807, 2.05) is 12.1 Å². The summed E-state index contributed by atoms with van der Waals surface area (Å²) < 4.78 is 62.3. The summed E-state index contributed by atoms with van der Waals surface area (Å²) in [5.74, 6) is -3.92. The number of nitrogens with zero attached hydrogens (tertiary/aromatic N) is 1. The van der Waals surface area contributed by atoms with Crippen LogP contribution in [0.3, 0.4) is 0 Å². The quantitative estimate of drug-likeness (QED) is 0.324. The Labute approximate surface area is 242 Å². The number of carbonyl (C=O) groups is 2. The van der Waals surface area contributed by atoms with E-state index >= 15 is 0 Å². The number of amides is 2. The van der Waals surface area contributed by atoms with Gasteiger partial charge >= 0.3 is 0 Å². The van der Waals surface area contributed by atoms with Gasteiger partial charge in [-0.1, -0.05) is 24.3 Å². The molecule has 3 aromatic rings. The monoisotopic (exact) mass is 597 g/mol. The number of furan rings is 1. The number of carbonyl (C=O) groups excluding carboxylic acids is 2. The molecule has 42 heavy (non-hydrogen) atoms. The van der Waals surface area contributed by atoms with E-state index in [0.29, 0.717) is 48.0 Å². The topological polar surface area (TPSA) is 138 Å². The zero-order valence-corrected chi connectivity index (χ0v) is 23.7. The number of hydrogen-bond acceptors (Lipinski definition) is 7. The van der Waals surface area contributed by atoms with E-state index in [2.05, 4.69) is 16.7 Å². The van der Waals surface area contributed by atoms with Crippen LogP contribution >= 0.6 is 0 Å². The molecule has 2 N–H and O–H groups in total. The number of alkyl halides is 2. The number of benzene rings is 2. The van der Waals surface area contributed by atoms with Crippen LogP contribution in [0.15, 0.2) is 46.9 Å². The molecule has 0 saturated heterocycles. The van der Waals surface area contributed by atoms with Crippen molar-refractivity contribution in [1.29, 1.82) is 5.26 Å². The average molecular weight is 598 g/mol. The Balaban J connectivity index is 1.26. The molecule has 0 aliphatic heterocycles. The number of halogens is 2. The van der Waals surface area contributed by atoms with Gasteiger partial charge in [0.05, 0.1) is 17.9 Å². The molecule has 12 heteroatoms. The highest BCUT2D eigenvalue weighted by molar-refractivity contribution is 7.74. The van der Waals surface area contributed by atoms with Crippen LogP contribution in [0.2, 0.25) is 0 Å². The van der Waals surface area contributed by atoms with Crippen molar-refractivity contribution in [3.8, 4) is 22.9 Å². The summed E-state index contributed by atoms with van der Waals surface area (Å²) in [7, 11) is -1.17. The maximum atomic E-state index is 14.0. The maximum Gasteiger partial charge on any atom is 0.287 e. The minimum Gasteiger partial charge on any atom is -0.496 e. The SMILES string of the molecule is COc1cc(-c2ccc3cc(C(=O)NC4(C(=O)NC5(C#N)CC5)CCC(F)(F)CC4)oc3c2)ccc1C1([SH](=O)=O)CC1. The van der Waals surface area contributed by atoms with Gasteiger partial charge in [0.1, 0.15) is 33.1 Å². The van der Waals surface area contributed by atoms with Crippen LogP contribution in [0.1, 0.15) is 67.5 Å². The summed E-state index contributed by atoms with van der Waals surface area (Å²) in [5, 5.41) is 15.3. The highest BCUT2D eigenvalue weighted by Crippen LogP contribution is 2.52. The lowest BCUT2D eigenvalue weighted by molar-refractivity contribution is -0.133. The molecule has 0 bridgehead atoms. The van der Waals surface area contributed by atoms with Crippen molar-refractivity contribution < 1.29 is 35.9 Å². The zero-order chi connectivity index (χ0) is 29.9. The van der Waals surface area contributed by atoms with Crippen molar-refractivity contribution in [2.75, 3.05) is 7.11 Å². The predicted octanol–water partition coefficient (Wildman–Crippen LogP) is 4.56. The first-order chi connectivity index (χ1) is 19.9. The van der Waals surface area contributed by atoms with Gasteiger partial charge in [-0.3, -0.25) is 9.59 Å². The molecule has 0 radical (unpaired) electrons. The first kappa shape index (κ1) is 28.2. The minimum absolute atomic E-state index is 0.0871. The van der Waals surface area contributed by atoms with E-state index in [9.17, 15) is 32.0 Å². The third-order valence-electron chi connectivity index (χ3n) is 8.79. The summed E-state index contributed by atoms with van der Waals surface area (Å²) in [5.41, 5.74) is -0.109. The largest absolute Gasteiger partial charge is 0.496 e. The standard InChI is InChI=1S/C30H29F2N3O6S/c1-40-23-15-19(4-5-21(23)29(10-11-29)42(38)39)18-2-3-20-16-24(41-22(20)14-18)25(36)34-28(8-12-30(31,32)13-9-28)26(37)35-27(17-33)6-7-27/h2-5,14-16,42H,6-13H2,1H3,(H,34,36)(H,35,37). The van der Waals surface area contributed by atoms with Crippen molar-refractivity contribution in [3.05, 3.63) is 53.8 Å². The molecule has 1 heterocycles. The lowest BCUT2D eigenvalue weighted by Crippen LogP contribution is -2.62. The Hall–Kier alpha value is -3.98. The molecule has 3 fully saturated rings. The Kier molecular flexibility index (Phi) is 6.57. The molecule has 2 amide bonds. The molecular weight excluding hydrogens is 568 g/mol. The Bertz CT molecular complexity index is 1710. The summed E-state index contributed by atoms with van der Waals surface area (Å²) in [6.07, 6.45) is 0.346. The average Bonchev–Trinajstić information content (AvgIpc) is 3.90. The van der Waals surface area contributed by atoms with Gasteiger partial charge in [-0.25, -0.2) is 17.2 Å². The van der Waals surface area contributed by atoms with Crippen molar-refractivity contribution in [1.82, 2.24) is 10.6 Å². The molecule has 0 atom stereocenters. The fourth-order valence-electron chi connectivity index (χ4n) is 5.70. The first-order valence-electron chi connectivity index (χ1n) is 13.8. The highest BCUT2D eigenvalue weighted by atomic mass is 32.2. The Morgan fingerprint density at radius 1 is 0.929 bits per heavy atom. The number of rotatable bonds is 8. The number of nitrogens with one attached hydrogen (secondary N) is 2. The fourth-order valence-corrected chi connectivity index (χ4v) is 6.56. The minimum atomic E-state index is -2.94. The third-order valence-corrected chi connectivity index (χ3v) is 10.2. The van der Waals surface area contributed by atoms with Crippen molar-refractivity contribution in [3.63, 3.8) is 0 Å². The molecule has 220 valence electrons. The van der Waals surface area contributed by atoms with Gasteiger partial charge in [-0.15, -0.1) is 0 Å². The second kappa shape index (κ2) is 9.80. The van der Waals surface area contributed by atoms with E-state index in [0.717, 1.165) is 11.1 Å². The molecule has 0 unspecified atom stereocenters. The Morgan fingerprint density at radius 3 is 2.19 bits per heavy atom. The summed E-state index contributed by atoms with van der Waals surface area (Å²) in [6.45, 7) is 0. The fraction of sp³-hybridized carbons (Fsp3) is 0.433. The Morgan fingerprint density at radius 2 is 1.60 bits per heavy atom. The van der Waals surface area contributed by atoms with Crippen LogP contribution in [0.25, 0.3) is 22.1 Å². The van der Waals surface area contributed by atoms with Crippen LogP contribution < -0.4 is 15.4 Å². The van der Waals surface area contributed by atoms with Crippen LogP contribution in [0.5, 0.6) is 5.75 Å². The van der Waals surface area contributed by atoms with Crippen molar-refractivity contribution >= 4 is 33.5 Å². The molecule has 1 aromatic heterocycles. The number of methoxy groups -OCH3 is 1. The van der Waals surface area contributed by atoms with Crippen LogP contribution in [0.4, 0.5) is 8.78 Å². The van der Waals surface area contributed by atoms with Gasteiger partial charge in [0.15, 0.2) is 5.76 Å². The lowest BCUT2D eigenvalue weighted by Gasteiger charge is -2.39. The molecule has 6 rings (SSSR count). The first-order valence-corrected chi connectivity index (χ1v) is 14.9. The van der Waals surface area contributed by atoms with E-state index < -0.39 is 57.1 Å². The summed E-state index contributed by atoms with van der Waals surface area (Å²) in [4.78, 5) is 26.6. The van der Waals surface area contributed by atoms with Crippen LogP contribution in [0, 0.1) is 11.3 Å². The molecule has 9 nitrogen and oxygen atoms in total. The van der Waals surface area contributed by atoms with Crippen molar-refractivity contribution in [2.24, 2.45) is 0 Å². The normalized spacial score (nSPS) is 20.8. The van der Waals surface area contributed by atoms with Gasteiger partial charge in [0.2, 0.25) is 11.8 Å².